The van der Waals surface area contributed by atoms with Crippen LogP contribution in [0.1, 0.15) is 12.5 Å². The second-order valence-corrected chi connectivity index (χ2v) is 5.04. The minimum atomic E-state index is 0.350. The fourth-order valence-corrected chi connectivity index (χ4v) is 2.12. The summed E-state index contributed by atoms with van der Waals surface area (Å²) in [4.78, 5) is 4.64. The van der Waals surface area contributed by atoms with E-state index in [1.54, 1.807) is 0 Å². The average Bonchev–Trinajstić information content (AvgIpc) is 2.46. The summed E-state index contributed by atoms with van der Waals surface area (Å²) in [6.45, 7) is 3.15. The molecule has 0 aliphatic rings. The van der Waals surface area contributed by atoms with Gasteiger partial charge in [0.25, 0.3) is 0 Å². The van der Waals surface area contributed by atoms with Crippen LogP contribution in [0.5, 0.6) is 0 Å². The molecule has 19 heavy (non-hydrogen) atoms. The molecule has 0 spiro atoms. The van der Waals surface area contributed by atoms with E-state index in [-0.39, 0.29) is 0 Å². The number of hydrogen-bond acceptors (Lipinski definition) is 2. The van der Waals surface area contributed by atoms with Crippen LogP contribution in [0.3, 0.4) is 0 Å². The molecule has 0 aliphatic heterocycles. The Hall–Kier alpha value is -1.80. The number of hydrogen-bond donors (Lipinski definition) is 0. The molecular formula is C17H22N2. The summed E-state index contributed by atoms with van der Waals surface area (Å²) in [5, 5.41) is 0. The predicted molar refractivity (Wildman–Crippen MR) is 82.2 cm³/mol. The van der Waals surface area contributed by atoms with E-state index in [1.165, 1.54) is 11.3 Å². The van der Waals surface area contributed by atoms with Gasteiger partial charge in [0.2, 0.25) is 0 Å². The lowest BCUT2D eigenvalue weighted by molar-refractivity contribution is 0.300. The first-order valence-corrected chi connectivity index (χ1v) is 6.70. The highest BCUT2D eigenvalue weighted by atomic mass is 15.3. The highest BCUT2D eigenvalue weighted by Crippen LogP contribution is 2.20. The zero-order valence-electron chi connectivity index (χ0n) is 12.0. The minimum Gasteiger partial charge on any atom is -0.352 e. The van der Waals surface area contributed by atoms with Crippen molar-refractivity contribution in [2.75, 3.05) is 19.0 Å². The number of rotatable bonds is 5. The van der Waals surface area contributed by atoms with Crippen molar-refractivity contribution in [3.8, 4) is 0 Å². The van der Waals surface area contributed by atoms with Crippen LogP contribution in [0.2, 0.25) is 0 Å². The lowest BCUT2D eigenvalue weighted by atomic mass is 10.2. The molecule has 0 aromatic heterocycles. The van der Waals surface area contributed by atoms with Gasteiger partial charge in [0.05, 0.1) is 6.17 Å². The fraction of sp³-hybridized carbons (Fsp3) is 0.294. The lowest BCUT2D eigenvalue weighted by Crippen LogP contribution is -2.42. The van der Waals surface area contributed by atoms with Gasteiger partial charge in [-0.05, 0) is 38.7 Å². The molecule has 1 atom stereocenters. The molecule has 0 saturated heterocycles. The molecule has 2 aromatic rings. The molecule has 0 fully saturated rings. The summed E-state index contributed by atoms with van der Waals surface area (Å²) in [6.07, 6.45) is 0.350. The second kappa shape index (κ2) is 6.39. The summed E-state index contributed by atoms with van der Waals surface area (Å²) in [5.41, 5.74) is 2.59. The maximum Gasteiger partial charge on any atom is 0.0791 e. The van der Waals surface area contributed by atoms with Gasteiger partial charge in [0.15, 0.2) is 0 Å². The first kappa shape index (κ1) is 13.6. The Morgan fingerprint density at radius 2 is 1.37 bits per heavy atom. The number of anilines is 1. The highest BCUT2D eigenvalue weighted by molar-refractivity contribution is 5.47. The van der Waals surface area contributed by atoms with E-state index >= 15 is 0 Å². The lowest BCUT2D eigenvalue weighted by Gasteiger charge is -2.35. The van der Waals surface area contributed by atoms with E-state index in [0.29, 0.717) is 6.17 Å². The highest BCUT2D eigenvalue weighted by Gasteiger charge is 2.16. The normalized spacial score (nSPS) is 12.4. The molecule has 0 bridgehead atoms. The number of nitrogens with zero attached hydrogens (tertiary/aromatic N) is 2. The van der Waals surface area contributed by atoms with E-state index in [2.05, 4.69) is 91.5 Å². The van der Waals surface area contributed by atoms with Crippen LogP contribution in [0.15, 0.2) is 60.7 Å². The van der Waals surface area contributed by atoms with Crippen molar-refractivity contribution in [2.45, 2.75) is 19.6 Å². The van der Waals surface area contributed by atoms with Crippen LogP contribution < -0.4 is 4.90 Å². The van der Waals surface area contributed by atoms with Gasteiger partial charge in [-0.15, -0.1) is 0 Å². The predicted octanol–water partition coefficient (Wildman–Crippen LogP) is 3.60. The van der Waals surface area contributed by atoms with Gasteiger partial charge in [-0.3, -0.25) is 4.90 Å². The van der Waals surface area contributed by atoms with E-state index in [1.807, 2.05) is 0 Å². The molecule has 0 N–H and O–H groups in total. The Balaban J connectivity index is 2.25. The van der Waals surface area contributed by atoms with Crippen molar-refractivity contribution >= 4 is 5.69 Å². The van der Waals surface area contributed by atoms with Crippen LogP contribution >= 0.6 is 0 Å². The van der Waals surface area contributed by atoms with Crippen molar-refractivity contribution in [1.29, 1.82) is 0 Å². The first-order chi connectivity index (χ1) is 9.18. The molecular weight excluding hydrogens is 232 g/mol. The monoisotopic (exact) mass is 254 g/mol. The molecule has 0 aliphatic carbocycles. The van der Waals surface area contributed by atoms with Crippen molar-refractivity contribution in [3.63, 3.8) is 0 Å². The van der Waals surface area contributed by atoms with Gasteiger partial charge in [0.1, 0.15) is 0 Å². The van der Waals surface area contributed by atoms with Gasteiger partial charge in [0, 0.05) is 12.2 Å². The SMILES string of the molecule is CC(N(C)C)N(Cc1ccccc1)c1ccccc1. The Morgan fingerprint density at radius 3 is 1.89 bits per heavy atom. The van der Waals surface area contributed by atoms with Crippen molar-refractivity contribution in [2.24, 2.45) is 0 Å². The van der Waals surface area contributed by atoms with Gasteiger partial charge < -0.3 is 4.90 Å². The van der Waals surface area contributed by atoms with Crippen LogP contribution in [-0.2, 0) is 6.54 Å². The second-order valence-electron chi connectivity index (χ2n) is 5.04. The molecule has 2 heteroatoms. The zero-order chi connectivity index (χ0) is 13.7. The van der Waals surface area contributed by atoms with Gasteiger partial charge >= 0.3 is 0 Å². The zero-order valence-corrected chi connectivity index (χ0v) is 12.0. The maximum atomic E-state index is 2.41. The van der Waals surface area contributed by atoms with Crippen LogP contribution in [-0.4, -0.2) is 25.2 Å². The Kier molecular flexibility index (Phi) is 4.58. The van der Waals surface area contributed by atoms with Crippen LogP contribution in [0.25, 0.3) is 0 Å². The van der Waals surface area contributed by atoms with Crippen molar-refractivity contribution in [3.05, 3.63) is 66.2 Å². The molecule has 1 unspecified atom stereocenters. The fourth-order valence-electron chi connectivity index (χ4n) is 2.12. The largest absolute Gasteiger partial charge is 0.352 e. The molecule has 0 saturated carbocycles. The average molecular weight is 254 g/mol. The standard InChI is InChI=1S/C17H22N2/c1-15(18(2)3)19(17-12-8-5-9-13-17)14-16-10-6-4-7-11-16/h4-13,15H,14H2,1-3H3. The van der Waals surface area contributed by atoms with Gasteiger partial charge in [-0.2, -0.15) is 0 Å². The van der Waals surface area contributed by atoms with Crippen LogP contribution in [0.4, 0.5) is 5.69 Å². The summed E-state index contributed by atoms with van der Waals surface area (Å²) in [6, 6.07) is 21.2. The minimum absolute atomic E-state index is 0.350. The van der Waals surface area contributed by atoms with E-state index in [4.69, 9.17) is 0 Å². The molecule has 0 amide bonds. The molecule has 0 heterocycles. The van der Waals surface area contributed by atoms with E-state index < -0.39 is 0 Å². The molecule has 100 valence electrons. The molecule has 2 rings (SSSR count). The third-order valence-electron chi connectivity index (χ3n) is 3.48. The molecule has 2 aromatic carbocycles. The maximum absolute atomic E-state index is 2.41. The Bertz CT molecular complexity index is 479. The molecule has 0 radical (unpaired) electrons. The third kappa shape index (κ3) is 3.58. The van der Waals surface area contributed by atoms with Crippen molar-refractivity contribution in [1.82, 2.24) is 4.90 Å². The molecule has 2 nitrogen and oxygen atoms in total. The van der Waals surface area contributed by atoms with Gasteiger partial charge in [-0.1, -0.05) is 48.5 Å². The summed E-state index contributed by atoms with van der Waals surface area (Å²) in [5.74, 6) is 0. The summed E-state index contributed by atoms with van der Waals surface area (Å²) in [7, 11) is 4.23. The van der Waals surface area contributed by atoms with Crippen molar-refractivity contribution < 1.29 is 0 Å². The smallest absolute Gasteiger partial charge is 0.0791 e. The first-order valence-electron chi connectivity index (χ1n) is 6.70. The van der Waals surface area contributed by atoms with Crippen LogP contribution in [0, 0.1) is 0 Å². The third-order valence-corrected chi connectivity index (χ3v) is 3.48. The topological polar surface area (TPSA) is 6.48 Å². The van der Waals surface area contributed by atoms with Gasteiger partial charge in [-0.25, -0.2) is 0 Å². The Morgan fingerprint density at radius 1 is 0.842 bits per heavy atom. The summed E-state index contributed by atoms with van der Waals surface area (Å²) >= 11 is 0. The summed E-state index contributed by atoms with van der Waals surface area (Å²) < 4.78 is 0. The number of para-hydroxylation sites is 1. The van der Waals surface area contributed by atoms with E-state index in [0.717, 1.165) is 6.54 Å². The Labute approximate surface area is 116 Å². The van der Waals surface area contributed by atoms with E-state index in [9.17, 15) is 0 Å². The number of benzene rings is 2. The quantitative estimate of drug-likeness (QED) is 0.752.